The predicted octanol–water partition coefficient (Wildman–Crippen LogP) is 3.76. The molecular formula is C16H17N3. The molecule has 0 aromatic heterocycles. The first-order chi connectivity index (χ1) is 9.06. The minimum absolute atomic E-state index is 0.183. The fourth-order valence-electron chi connectivity index (χ4n) is 2.47. The van der Waals surface area contributed by atoms with Crippen molar-refractivity contribution in [2.45, 2.75) is 32.6 Å². The van der Waals surface area contributed by atoms with Crippen molar-refractivity contribution in [1.82, 2.24) is 0 Å². The first kappa shape index (κ1) is 14.7. The Morgan fingerprint density at radius 2 is 1.63 bits per heavy atom. The van der Waals surface area contributed by atoms with Crippen molar-refractivity contribution < 1.29 is 0 Å². The Bertz CT molecular complexity index is 512. The van der Waals surface area contributed by atoms with Crippen molar-refractivity contribution in [3.8, 4) is 18.2 Å². The summed E-state index contributed by atoms with van der Waals surface area (Å²) < 4.78 is 0. The Labute approximate surface area is 114 Å². The Hall–Kier alpha value is -2.31. The van der Waals surface area contributed by atoms with Crippen LogP contribution in [0.4, 0.5) is 0 Å². The predicted molar refractivity (Wildman–Crippen MR) is 72.5 cm³/mol. The van der Waals surface area contributed by atoms with E-state index in [9.17, 15) is 10.5 Å². The van der Waals surface area contributed by atoms with Gasteiger partial charge in [0.05, 0.1) is 18.2 Å². The molecule has 1 unspecified atom stereocenters. The highest BCUT2D eigenvalue weighted by Gasteiger charge is 2.36. The molecule has 96 valence electrons. The lowest BCUT2D eigenvalue weighted by Gasteiger charge is -2.35. The summed E-state index contributed by atoms with van der Waals surface area (Å²) in [6.45, 7) is 4.04. The molecule has 0 saturated heterocycles. The fourth-order valence-corrected chi connectivity index (χ4v) is 2.47. The molecule has 1 atom stereocenters. The molecule has 19 heavy (non-hydrogen) atoms. The van der Waals surface area contributed by atoms with Gasteiger partial charge in [-0.3, -0.25) is 0 Å². The molecule has 0 heterocycles. The first-order valence-corrected chi connectivity index (χ1v) is 6.28. The van der Waals surface area contributed by atoms with Crippen LogP contribution in [0.5, 0.6) is 0 Å². The molecule has 0 N–H and O–H groups in total. The van der Waals surface area contributed by atoms with Crippen LogP contribution >= 0.6 is 0 Å². The van der Waals surface area contributed by atoms with E-state index in [1.807, 2.05) is 44.2 Å². The maximum Gasteiger partial charge on any atom is 0.140 e. The van der Waals surface area contributed by atoms with Gasteiger partial charge in [-0.25, -0.2) is 0 Å². The van der Waals surface area contributed by atoms with Crippen molar-refractivity contribution in [1.29, 1.82) is 15.8 Å². The first-order valence-electron chi connectivity index (χ1n) is 6.28. The summed E-state index contributed by atoms with van der Waals surface area (Å²) in [5, 5.41) is 27.2. The SMILES string of the molecule is CC(C)(CCC#N)C(c1ccccc1)C(C#N)C#N. The highest BCUT2D eigenvalue weighted by Crippen LogP contribution is 2.43. The topological polar surface area (TPSA) is 71.4 Å². The Morgan fingerprint density at radius 3 is 2.11 bits per heavy atom. The molecule has 1 aromatic rings. The van der Waals surface area contributed by atoms with E-state index in [2.05, 4.69) is 18.2 Å². The molecule has 0 aliphatic heterocycles. The summed E-state index contributed by atoms with van der Waals surface area (Å²) >= 11 is 0. The fraction of sp³-hybridized carbons (Fsp3) is 0.438. The van der Waals surface area contributed by atoms with Gasteiger partial charge in [0.1, 0.15) is 5.92 Å². The average Bonchev–Trinajstić information content (AvgIpc) is 2.43. The van der Waals surface area contributed by atoms with Crippen molar-refractivity contribution in [2.24, 2.45) is 11.3 Å². The number of nitrogens with zero attached hydrogens (tertiary/aromatic N) is 3. The summed E-state index contributed by atoms with van der Waals surface area (Å²) in [4.78, 5) is 0. The van der Waals surface area contributed by atoms with Gasteiger partial charge in [0.2, 0.25) is 0 Å². The van der Waals surface area contributed by atoms with E-state index in [-0.39, 0.29) is 11.3 Å². The van der Waals surface area contributed by atoms with Crippen LogP contribution in [0.25, 0.3) is 0 Å². The molecule has 0 bridgehead atoms. The van der Waals surface area contributed by atoms with Gasteiger partial charge in [-0.15, -0.1) is 0 Å². The summed E-state index contributed by atoms with van der Waals surface area (Å²) in [7, 11) is 0. The third-order valence-electron chi connectivity index (χ3n) is 3.49. The number of nitriles is 3. The monoisotopic (exact) mass is 251 g/mol. The lowest BCUT2D eigenvalue weighted by molar-refractivity contribution is 0.244. The van der Waals surface area contributed by atoms with Gasteiger partial charge in [-0.05, 0) is 17.4 Å². The van der Waals surface area contributed by atoms with Gasteiger partial charge in [0, 0.05) is 12.3 Å². The van der Waals surface area contributed by atoms with E-state index in [0.29, 0.717) is 12.8 Å². The van der Waals surface area contributed by atoms with E-state index in [4.69, 9.17) is 5.26 Å². The third-order valence-corrected chi connectivity index (χ3v) is 3.49. The molecule has 0 radical (unpaired) electrons. The molecule has 0 aliphatic carbocycles. The van der Waals surface area contributed by atoms with Crippen LogP contribution in [0.1, 0.15) is 38.2 Å². The standard InChI is InChI=1S/C16H17N3/c1-16(2,9-6-10-17)15(14(11-18)12-19)13-7-4-3-5-8-13/h3-5,7-8,14-15H,6,9H2,1-2H3. The maximum absolute atomic E-state index is 9.21. The Kier molecular flexibility index (Phi) is 5.11. The highest BCUT2D eigenvalue weighted by molar-refractivity contribution is 5.27. The minimum Gasteiger partial charge on any atom is -0.198 e. The average molecular weight is 251 g/mol. The zero-order valence-corrected chi connectivity index (χ0v) is 11.3. The van der Waals surface area contributed by atoms with E-state index in [0.717, 1.165) is 5.56 Å². The van der Waals surface area contributed by atoms with E-state index in [1.54, 1.807) is 0 Å². The van der Waals surface area contributed by atoms with Crippen molar-refractivity contribution >= 4 is 0 Å². The highest BCUT2D eigenvalue weighted by atomic mass is 14.4. The summed E-state index contributed by atoms with van der Waals surface area (Å²) in [6, 6.07) is 15.9. The molecule has 0 aliphatic rings. The number of benzene rings is 1. The van der Waals surface area contributed by atoms with Crippen LogP contribution in [-0.2, 0) is 0 Å². The molecule has 0 saturated carbocycles. The molecule has 0 amide bonds. The van der Waals surface area contributed by atoms with Crippen molar-refractivity contribution in [3.63, 3.8) is 0 Å². The minimum atomic E-state index is -0.698. The molecule has 1 rings (SSSR count). The van der Waals surface area contributed by atoms with Crippen LogP contribution < -0.4 is 0 Å². The smallest absolute Gasteiger partial charge is 0.140 e. The lowest BCUT2D eigenvalue weighted by Crippen LogP contribution is -2.27. The van der Waals surface area contributed by atoms with E-state index < -0.39 is 5.92 Å². The molecule has 3 heteroatoms. The number of hydrogen-bond donors (Lipinski definition) is 0. The second kappa shape index (κ2) is 6.58. The van der Waals surface area contributed by atoms with Crippen LogP contribution in [-0.4, -0.2) is 0 Å². The summed E-state index contributed by atoms with van der Waals surface area (Å²) in [6.07, 6.45) is 1.10. The van der Waals surface area contributed by atoms with Crippen LogP contribution in [0, 0.1) is 45.3 Å². The molecule has 0 spiro atoms. The van der Waals surface area contributed by atoms with Gasteiger partial charge in [0.25, 0.3) is 0 Å². The summed E-state index contributed by atoms with van der Waals surface area (Å²) in [5.74, 6) is -0.881. The van der Waals surface area contributed by atoms with Crippen molar-refractivity contribution in [2.75, 3.05) is 0 Å². The Balaban J connectivity index is 3.18. The van der Waals surface area contributed by atoms with E-state index in [1.165, 1.54) is 0 Å². The molecular weight excluding hydrogens is 234 g/mol. The second-order valence-corrected chi connectivity index (χ2v) is 5.27. The van der Waals surface area contributed by atoms with Gasteiger partial charge in [-0.1, -0.05) is 44.2 Å². The van der Waals surface area contributed by atoms with Gasteiger partial charge in [0.15, 0.2) is 0 Å². The lowest BCUT2D eigenvalue weighted by atomic mass is 9.67. The third kappa shape index (κ3) is 3.57. The largest absolute Gasteiger partial charge is 0.198 e. The molecule has 1 aromatic carbocycles. The second-order valence-electron chi connectivity index (χ2n) is 5.27. The number of rotatable bonds is 5. The van der Waals surface area contributed by atoms with Gasteiger partial charge < -0.3 is 0 Å². The zero-order chi connectivity index (χ0) is 14.3. The zero-order valence-electron chi connectivity index (χ0n) is 11.3. The van der Waals surface area contributed by atoms with E-state index >= 15 is 0 Å². The van der Waals surface area contributed by atoms with Crippen LogP contribution in [0.15, 0.2) is 30.3 Å². The van der Waals surface area contributed by atoms with Gasteiger partial charge in [-0.2, -0.15) is 15.8 Å². The van der Waals surface area contributed by atoms with Crippen LogP contribution in [0.2, 0.25) is 0 Å². The molecule has 0 fully saturated rings. The number of hydrogen-bond acceptors (Lipinski definition) is 3. The quantitative estimate of drug-likeness (QED) is 0.799. The summed E-state index contributed by atoms with van der Waals surface area (Å²) in [5.41, 5.74) is 0.714. The van der Waals surface area contributed by atoms with Crippen molar-refractivity contribution in [3.05, 3.63) is 35.9 Å². The molecule has 3 nitrogen and oxygen atoms in total. The van der Waals surface area contributed by atoms with Gasteiger partial charge >= 0.3 is 0 Å². The normalized spacial score (nSPS) is 12.2. The maximum atomic E-state index is 9.21. The Morgan fingerprint density at radius 1 is 1.05 bits per heavy atom. The van der Waals surface area contributed by atoms with Crippen LogP contribution in [0.3, 0.4) is 0 Å².